The normalized spacial score (nSPS) is 12.6. The minimum atomic E-state index is -0.787. The van der Waals surface area contributed by atoms with Crippen LogP contribution in [0.5, 0.6) is 0 Å². The van der Waals surface area contributed by atoms with Gasteiger partial charge in [-0.25, -0.2) is 0 Å². The van der Waals surface area contributed by atoms with Crippen molar-refractivity contribution in [1.29, 1.82) is 0 Å². The molecule has 0 heterocycles. The van der Waals surface area contributed by atoms with Gasteiger partial charge in [-0.2, -0.15) is 0 Å². The fourth-order valence-electron chi connectivity index (χ4n) is 10.1. The third-order valence-corrected chi connectivity index (χ3v) is 15.4. The molecule has 468 valence electrons. The van der Waals surface area contributed by atoms with Gasteiger partial charge in [-0.15, -0.1) is 0 Å². The monoisotopic (exact) mass is 1130 g/mol. The maximum atomic E-state index is 12.9. The first-order valence-corrected chi connectivity index (χ1v) is 35.1. The van der Waals surface area contributed by atoms with Gasteiger partial charge in [-0.3, -0.25) is 14.4 Å². The molecule has 0 fully saturated rings. The molecule has 0 aromatic carbocycles. The zero-order valence-electron chi connectivity index (χ0n) is 53.8. The number of hydrogen-bond donors (Lipinski definition) is 0. The van der Waals surface area contributed by atoms with Crippen LogP contribution in [0.3, 0.4) is 0 Å². The second-order valence-electron chi connectivity index (χ2n) is 23.4. The number of ether oxygens (including phenoxy) is 3. The van der Waals surface area contributed by atoms with Crippen molar-refractivity contribution >= 4 is 17.9 Å². The van der Waals surface area contributed by atoms with E-state index in [4.69, 9.17) is 14.2 Å². The number of esters is 3. The van der Waals surface area contributed by atoms with E-state index >= 15 is 0 Å². The van der Waals surface area contributed by atoms with E-state index in [0.717, 1.165) is 103 Å². The molecule has 0 rings (SSSR count). The van der Waals surface area contributed by atoms with E-state index in [1.807, 2.05) is 0 Å². The van der Waals surface area contributed by atoms with Gasteiger partial charge < -0.3 is 14.2 Å². The zero-order valence-corrected chi connectivity index (χ0v) is 53.8. The molecule has 6 heteroatoms. The van der Waals surface area contributed by atoms with Crippen molar-refractivity contribution in [3.63, 3.8) is 0 Å². The van der Waals surface area contributed by atoms with Crippen molar-refractivity contribution in [2.75, 3.05) is 13.2 Å². The Morgan fingerprint density at radius 3 is 0.802 bits per heavy atom. The maximum Gasteiger partial charge on any atom is 0.306 e. The molecular weight excluding hydrogens is 997 g/mol. The third-order valence-electron chi connectivity index (χ3n) is 15.4. The molecule has 0 aliphatic heterocycles. The van der Waals surface area contributed by atoms with E-state index in [0.29, 0.717) is 19.3 Å². The Labute approximate surface area is 503 Å². The lowest BCUT2D eigenvalue weighted by molar-refractivity contribution is -0.167. The zero-order chi connectivity index (χ0) is 58.5. The van der Waals surface area contributed by atoms with Crippen molar-refractivity contribution < 1.29 is 28.6 Å². The molecule has 81 heavy (non-hydrogen) atoms. The van der Waals surface area contributed by atoms with Crippen molar-refractivity contribution in [1.82, 2.24) is 0 Å². The quantitative estimate of drug-likeness (QED) is 0.0261. The topological polar surface area (TPSA) is 78.9 Å². The molecule has 0 spiro atoms. The van der Waals surface area contributed by atoms with Gasteiger partial charge >= 0.3 is 17.9 Å². The Morgan fingerprint density at radius 1 is 0.259 bits per heavy atom. The van der Waals surface area contributed by atoms with Crippen LogP contribution in [0.2, 0.25) is 0 Å². The molecule has 0 aliphatic carbocycles. The molecular formula is C75H132O6. The van der Waals surface area contributed by atoms with Crippen LogP contribution in [0.1, 0.15) is 355 Å². The smallest absolute Gasteiger partial charge is 0.306 e. The van der Waals surface area contributed by atoms with Crippen LogP contribution in [-0.2, 0) is 28.6 Å². The average Bonchev–Trinajstić information content (AvgIpc) is 3.47. The van der Waals surface area contributed by atoms with Gasteiger partial charge in [-0.1, -0.05) is 311 Å². The highest BCUT2D eigenvalue weighted by molar-refractivity contribution is 5.71. The Morgan fingerprint density at radius 2 is 0.494 bits per heavy atom. The molecule has 6 nitrogen and oxygen atoms in total. The minimum absolute atomic E-state index is 0.0812. The van der Waals surface area contributed by atoms with Gasteiger partial charge in [0.25, 0.3) is 0 Å². The molecule has 0 amide bonds. The van der Waals surface area contributed by atoms with Gasteiger partial charge in [-0.05, 0) is 109 Å². The molecule has 1 atom stereocenters. The number of allylic oxidation sites excluding steroid dienone is 14. The standard InChI is InChI=1S/C75H132O6/c1-4-7-10-13-16-19-22-24-26-28-30-32-34-35-36-37-38-39-41-42-44-46-48-50-53-56-59-62-65-68-74(77)80-71-72(70-79-73(76)67-64-61-58-55-52-21-18-15-12-9-6-3)81-75(78)69-66-63-60-57-54-51-49-47-45-43-40-33-31-29-27-25-23-20-17-14-11-8-5-2/h8,11,15,17-18,20,25,27-28,30-31,33,43,45,72H,4-7,9-10,12-14,16,19,21-24,26,29,32,34-42,44,46-71H2,1-3H3/b11-8-,18-15-,20-17-,27-25-,30-28-,33-31-,45-43-. The van der Waals surface area contributed by atoms with Crippen molar-refractivity contribution in [2.45, 2.75) is 361 Å². The fourth-order valence-corrected chi connectivity index (χ4v) is 10.1. The van der Waals surface area contributed by atoms with Crippen LogP contribution < -0.4 is 0 Å². The van der Waals surface area contributed by atoms with E-state index in [2.05, 4.69) is 106 Å². The lowest BCUT2D eigenvalue weighted by Crippen LogP contribution is -2.30. The van der Waals surface area contributed by atoms with E-state index in [9.17, 15) is 14.4 Å². The summed E-state index contributed by atoms with van der Waals surface area (Å²) in [4.78, 5) is 38.3. The second kappa shape index (κ2) is 69.1. The SMILES string of the molecule is CC/C=C\C/C=C\C/C=C\C/C=C\C/C=C\CCCCCCCCCC(=O)OC(COC(=O)CCCCCCC/C=C\CCCC)COC(=O)CCCCCCCCCCCCCCCCCCC/C=C\CCCCCCCCCC. The summed E-state index contributed by atoms with van der Waals surface area (Å²) in [5, 5.41) is 0. The first kappa shape index (κ1) is 77.6. The van der Waals surface area contributed by atoms with Gasteiger partial charge in [0.05, 0.1) is 0 Å². The summed E-state index contributed by atoms with van der Waals surface area (Å²) in [6.45, 7) is 6.51. The molecule has 0 N–H and O–H groups in total. The van der Waals surface area contributed by atoms with Crippen LogP contribution in [0.4, 0.5) is 0 Å². The number of carbonyl (C=O) groups is 3. The number of rotatable bonds is 64. The third kappa shape index (κ3) is 67.3. The molecule has 0 aliphatic rings. The Kier molecular flexibility index (Phi) is 66.2. The molecule has 0 saturated heterocycles. The predicted molar refractivity (Wildman–Crippen MR) is 353 cm³/mol. The van der Waals surface area contributed by atoms with Crippen molar-refractivity contribution in [2.24, 2.45) is 0 Å². The summed E-state index contributed by atoms with van der Waals surface area (Å²) < 4.78 is 16.9. The number of unbranched alkanes of at least 4 members (excludes halogenated alkanes) is 39. The Hall–Kier alpha value is -3.41. The van der Waals surface area contributed by atoms with Crippen LogP contribution in [0.25, 0.3) is 0 Å². The molecule has 0 aromatic rings. The Bertz CT molecular complexity index is 1530. The number of carbonyl (C=O) groups excluding carboxylic acids is 3. The van der Waals surface area contributed by atoms with Crippen LogP contribution in [0, 0.1) is 0 Å². The lowest BCUT2D eigenvalue weighted by atomic mass is 10.0. The molecule has 1 unspecified atom stereocenters. The van der Waals surface area contributed by atoms with Crippen LogP contribution in [-0.4, -0.2) is 37.2 Å². The van der Waals surface area contributed by atoms with Gasteiger partial charge in [0.2, 0.25) is 0 Å². The summed E-state index contributed by atoms with van der Waals surface area (Å²) in [6.07, 6.45) is 91.9. The molecule has 0 radical (unpaired) electrons. The summed E-state index contributed by atoms with van der Waals surface area (Å²) in [5.41, 5.74) is 0. The minimum Gasteiger partial charge on any atom is -0.462 e. The average molecular weight is 1130 g/mol. The largest absolute Gasteiger partial charge is 0.462 e. The summed E-state index contributed by atoms with van der Waals surface area (Å²) in [7, 11) is 0. The second-order valence-corrected chi connectivity index (χ2v) is 23.4. The highest BCUT2D eigenvalue weighted by atomic mass is 16.6. The van der Waals surface area contributed by atoms with Crippen molar-refractivity contribution in [3.8, 4) is 0 Å². The summed E-state index contributed by atoms with van der Waals surface area (Å²) in [5.74, 6) is -0.887. The van der Waals surface area contributed by atoms with Crippen molar-refractivity contribution in [3.05, 3.63) is 85.1 Å². The van der Waals surface area contributed by atoms with E-state index in [-0.39, 0.29) is 31.1 Å². The lowest BCUT2D eigenvalue weighted by Gasteiger charge is -2.18. The number of hydrogen-bond acceptors (Lipinski definition) is 6. The van der Waals surface area contributed by atoms with Crippen LogP contribution >= 0.6 is 0 Å². The maximum absolute atomic E-state index is 12.9. The first-order valence-electron chi connectivity index (χ1n) is 35.1. The van der Waals surface area contributed by atoms with Gasteiger partial charge in [0.15, 0.2) is 6.10 Å². The highest BCUT2D eigenvalue weighted by Gasteiger charge is 2.19. The van der Waals surface area contributed by atoms with E-state index in [1.165, 1.54) is 212 Å². The fraction of sp³-hybridized carbons (Fsp3) is 0.773. The van der Waals surface area contributed by atoms with E-state index in [1.54, 1.807) is 0 Å². The first-order chi connectivity index (χ1) is 40.0. The van der Waals surface area contributed by atoms with Gasteiger partial charge in [0, 0.05) is 19.3 Å². The van der Waals surface area contributed by atoms with Crippen LogP contribution in [0.15, 0.2) is 85.1 Å². The van der Waals surface area contributed by atoms with E-state index < -0.39 is 6.10 Å². The Balaban J connectivity index is 4.21. The molecule has 0 bridgehead atoms. The molecule has 0 aromatic heterocycles. The van der Waals surface area contributed by atoms with Gasteiger partial charge in [0.1, 0.15) is 13.2 Å². The summed E-state index contributed by atoms with van der Waals surface area (Å²) in [6, 6.07) is 0. The summed E-state index contributed by atoms with van der Waals surface area (Å²) >= 11 is 0. The highest BCUT2D eigenvalue weighted by Crippen LogP contribution is 2.17. The predicted octanol–water partition coefficient (Wildman–Crippen LogP) is 24.2. The molecule has 0 saturated carbocycles.